The second-order valence-corrected chi connectivity index (χ2v) is 4.79. The maximum Gasteiger partial charge on any atom is 0.271 e. The third kappa shape index (κ3) is 3.13. The van der Waals surface area contributed by atoms with E-state index in [9.17, 15) is 19.3 Å². The minimum absolute atomic E-state index is 0.135. The number of non-ortho nitro benzene ring substituents is 1. The number of nitrogens with one attached hydrogen (secondary N) is 1. The highest BCUT2D eigenvalue weighted by molar-refractivity contribution is 5.81. The van der Waals surface area contributed by atoms with Gasteiger partial charge in [-0.3, -0.25) is 14.9 Å². The van der Waals surface area contributed by atoms with Crippen LogP contribution >= 0.6 is 0 Å². The molecule has 7 heteroatoms. The van der Waals surface area contributed by atoms with E-state index < -0.39 is 4.92 Å². The minimum atomic E-state index is -0.545. The van der Waals surface area contributed by atoms with Crippen LogP contribution < -0.4 is 5.56 Å². The topological polar surface area (TPSA) is 88.9 Å². The number of nitro groups is 1. The van der Waals surface area contributed by atoms with E-state index in [1.165, 1.54) is 30.3 Å². The lowest BCUT2D eigenvalue weighted by molar-refractivity contribution is -0.384. The van der Waals surface area contributed by atoms with Gasteiger partial charge in [0.2, 0.25) is 0 Å². The Bertz CT molecular complexity index is 978. The smallest absolute Gasteiger partial charge is 0.271 e. The van der Waals surface area contributed by atoms with Crippen LogP contribution in [-0.2, 0) is 0 Å². The number of nitro benzene ring substituents is 1. The second-order valence-electron chi connectivity index (χ2n) is 4.79. The number of halogens is 1. The average Bonchev–Trinajstić information content (AvgIpc) is 2.54. The Hall–Kier alpha value is -3.35. The molecule has 6 nitrogen and oxygen atoms in total. The fraction of sp³-hybridized carbons (Fsp3) is 0. The minimum Gasteiger partial charge on any atom is -0.306 e. The quantitative estimate of drug-likeness (QED) is 0.594. The molecule has 0 amide bonds. The van der Waals surface area contributed by atoms with Gasteiger partial charge in [-0.25, -0.2) is 9.37 Å². The molecule has 0 aliphatic rings. The lowest BCUT2D eigenvalue weighted by atomic mass is 10.2. The van der Waals surface area contributed by atoms with Crippen molar-refractivity contribution >= 4 is 28.7 Å². The van der Waals surface area contributed by atoms with Gasteiger partial charge in [0.15, 0.2) is 0 Å². The zero-order valence-electron chi connectivity index (χ0n) is 11.7. The first kappa shape index (κ1) is 14.6. The summed E-state index contributed by atoms with van der Waals surface area (Å²) in [7, 11) is 0. The van der Waals surface area contributed by atoms with Crippen LogP contribution in [0.1, 0.15) is 11.4 Å². The van der Waals surface area contributed by atoms with Crippen LogP contribution in [0.4, 0.5) is 10.1 Å². The van der Waals surface area contributed by atoms with E-state index in [0.29, 0.717) is 0 Å². The van der Waals surface area contributed by atoms with Crippen molar-refractivity contribution in [1.29, 1.82) is 0 Å². The van der Waals surface area contributed by atoms with Gasteiger partial charge in [-0.15, -0.1) is 0 Å². The van der Waals surface area contributed by atoms with E-state index in [0.717, 1.165) is 5.56 Å². The number of fused-ring (bicyclic) bond motifs is 1. The first-order chi connectivity index (χ1) is 11.0. The van der Waals surface area contributed by atoms with Crippen molar-refractivity contribution in [2.45, 2.75) is 0 Å². The van der Waals surface area contributed by atoms with Crippen molar-refractivity contribution in [1.82, 2.24) is 9.97 Å². The Morgan fingerprint density at radius 3 is 2.57 bits per heavy atom. The summed E-state index contributed by atoms with van der Waals surface area (Å²) in [6.45, 7) is 0. The number of benzene rings is 2. The van der Waals surface area contributed by atoms with Crippen LogP contribution in [0.3, 0.4) is 0 Å². The van der Waals surface area contributed by atoms with Crippen molar-refractivity contribution in [2.24, 2.45) is 0 Å². The van der Waals surface area contributed by atoms with Gasteiger partial charge >= 0.3 is 0 Å². The zero-order valence-corrected chi connectivity index (χ0v) is 11.7. The highest BCUT2D eigenvalue weighted by Gasteiger charge is 2.09. The number of hydrogen-bond acceptors (Lipinski definition) is 4. The van der Waals surface area contributed by atoms with Gasteiger partial charge < -0.3 is 4.98 Å². The number of nitrogens with zero attached hydrogens (tertiary/aromatic N) is 2. The number of hydrogen-bond donors (Lipinski definition) is 1. The molecule has 0 spiro atoms. The first-order valence-electron chi connectivity index (χ1n) is 6.65. The molecule has 3 aromatic rings. The highest BCUT2D eigenvalue weighted by Crippen LogP contribution is 2.17. The SMILES string of the molecule is O=c1[nH]c(/C=C/c2ccc(F)cc2)nc2cc([N+](=O)[O-])ccc12. The number of aromatic nitrogens is 2. The number of aromatic amines is 1. The molecule has 23 heavy (non-hydrogen) atoms. The maximum absolute atomic E-state index is 12.8. The first-order valence-corrected chi connectivity index (χ1v) is 6.65. The third-order valence-corrected chi connectivity index (χ3v) is 3.22. The molecule has 0 saturated heterocycles. The standard InChI is InChI=1S/C16H10FN3O3/c17-11-4-1-10(2-5-11)3-8-15-18-14-9-12(20(22)23)6-7-13(14)16(21)19-15/h1-9H,(H,18,19,21)/b8-3+. The van der Waals surface area contributed by atoms with E-state index in [-0.39, 0.29) is 33.8 Å². The van der Waals surface area contributed by atoms with Gasteiger partial charge in [0.1, 0.15) is 11.6 Å². The fourth-order valence-electron chi connectivity index (χ4n) is 2.09. The molecule has 114 valence electrons. The van der Waals surface area contributed by atoms with Gasteiger partial charge in [-0.05, 0) is 29.8 Å². The predicted molar refractivity (Wildman–Crippen MR) is 84.3 cm³/mol. The molecule has 0 fully saturated rings. The van der Waals surface area contributed by atoms with E-state index in [2.05, 4.69) is 9.97 Å². The molecule has 0 aliphatic carbocycles. The monoisotopic (exact) mass is 311 g/mol. The fourth-order valence-corrected chi connectivity index (χ4v) is 2.09. The molecule has 2 aromatic carbocycles. The Balaban J connectivity index is 2.02. The number of rotatable bonds is 3. The molecule has 0 aliphatic heterocycles. The second kappa shape index (κ2) is 5.80. The molecule has 0 saturated carbocycles. The van der Waals surface area contributed by atoms with Gasteiger partial charge in [0.05, 0.1) is 15.8 Å². The molecule has 3 rings (SSSR count). The molecular weight excluding hydrogens is 301 g/mol. The van der Waals surface area contributed by atoms with E-state index in [4.69, 9.17) is 0 Å². The molecule has 1 N–H and O–H groups in total. The zero-order chi connectivity index (χ0) is 16.4. The number of H-pyrrole nitrogens is 1. The molecule has 0 bridgehead atoms. The molecule has 0 unspecified atom stereocenters. The lowest BCUT2D eigenvalue weighted by Crippen LogP contribution is -2.09. The van der Waals surface area contributed by atoms with Crippen LogP contribution in [0.25, 0.3) is 23.1 Å². The Labute approximate surface area is 129 Å². The average molecular weight is 311 g/mol. The van der Waals surface area contributed by atoms with Gasteiger partial charge in [0, 0.05) is 12.1 Å². The van der Waals surface area contributed by atoms with Crippen molar-refractivity contribution < 1.29 is 9.31 Å². The molecule has 0 radical (unpaired) electrons. The molecule has 0 atom stereocenters. The summed E-state index contributed by atoms with van der Waals surface area (Å²) in [5, 5.41) is 11.1. The van der Waals surface area contributed by atoms with Crippen molar-refractivity contribution in [3.63, 3.8) is 0 Å². The third-order valence-electron chi connectivity index (χ3n) is 3.22. The summed E-state index contributed by atoms with van der Waals surface area (Å²) in [5.41, 5.74) is 0.447. The van der Waals surface area contributed by atoms with Crippen LogP contribution in [0, 0.1) is 15.9 Å². The normalized spacial score (nSPS) is 11.2. The van der Waals surface area contributed by atoms with E-state index in [1.807, 2.05) is 0 Å². The summed E-state index contributed by atoms with van der Waals surface area (Å²) in [6.07, 6.45) is 3.20. The van der Waals surface area contributed by atoms with Gasteiger partial charge in [-0.1, -0.05) is 18.2 Å². The summed E-state index contributed by atoms with van der Waals surface area (Å²) in [4.78, 5) is 29.0. The maximum atomic E-state index is 12.8. The molecular formula is C16H10FN3O3. The van der Waals surface area contributed by atoms with E-state index in [1.54, 1.807) is 24.3 Å². The summed E-state index contributed by atoms with van der Waals surface area (Å²) < 4.78 is 12.8. The largest absolute Gasteiger partial charge is 0.306 e. The summed E-state index contributed by atoms with van der Waals surface area (Å²) >= 11 is 0. The Kier molecular flexibility index (Phi) is 3.68. The summed E-state index contributed by atoms with van der Waals surface area (Å²) in [5.74, 6) is -0.0842. The Morgan fingerprint density at radius 1 is 1.13 bits per heavy atom. The Morgan fingerprint density at radius 2 is 1.87 bits per heavy atom. The van der Waals surface area contributed by atoms with Crippen LogP contribution in [0.5, 0.6) is 0 Å². The van der Waals surface area contributed by atoms with Crippen LogP contribution in [0.15, 0.2) is 47.3 Å². The van der Waals surface area contributed by atoms with Crippen molar-refractivity contribution in [3.8, 4) is 0 Å². The lowest BCUT2D eigenvalue weighted by Gasteiger charge is -1.99. The van der Waals surface area contributed by atoms with Crippen LogP contribution in [0.2, 0.25) is 0 Å². The van der Waals surface area contributed by atoms with Crippen molar-refractivity contribution in [2.75, 3.05) is 0 Å². The predicted octanol–water partition coefficient (Wildman–Crippen LogP) is 3.14. The van der Waals surface area contributed by atoms with Crippen molar-refractivity contribution in [3.05, 3.63) is 80.1 Å². The highest BCUT2D eigenvalue weighted by atomic mass is 19.1. The van der Waals surface area contributed by atoms with Gasteiger partial charge in [0.25, 0.3) is 11.2 Å². The molecule has 1 aromatic heterocycles. The van der Waals surface area contributed by atoms with E-state index >= 15 is 0 Å². The van der Waals surface area contributed by atoms with Gasteiger partial charge in [-0.2, -0.15) is 0 Å². The molecule has 1 heterocycles. The van der Waals surface area contributed by atoms with Crippen LogP contribution in [-0.4, -0.2) is 14.9 Å². The summed E-state index contributed by atoms with van der Waals surface area (Å²) in [6, 6.07) is 9.67.